The molecule has 0 saturated heterocycles. The van der Waals surface area contributed by atoms with E-state index >= 15 is 0 Å². The number of aryl methyl sites for hydroxylation is 1. The Kier molecular flexibility index (Phi) is 4.30. The minimum absolute atomic E-state index is 0.0725. The Balaban J connectivity index is 1.67. The number of carbonyl (C=O) groups is 1. The molecule has 170 valence electrons. The maximum absolute atomic E-state index is 14.8. The molecule has 1 aliphatic carbocycles. The number of hydrogen-bond donors (Lipinski definition) is 3. The molecule has 1 aromatic carbocycles. The Morgan fingerprint density at radius 1 is 1.30 bits per heavy atom. The van der Waals surface area contributed by atoms with Gasteiger partial charge in [0, 0.05) is 28.6 Å². The van der Waals surface area contributed by atoms with Crippen molar-refractivity contribution in [3.63, 3.8) is 0 Å². The van der Waals surface area contributed by atoms with Gasteiger partial charge in [-0.25, -0.2) is 14.2 Å². The van der Waals surface area contributed by atoms with Gasteiger partial charge in [0.05, 0.1) is 35.2 Å². The third-order valence-electron chi connectivity index (χ3n) is 7.11. The monoisotopic (exact) mass is 450 g/mol. The number of fused-ring (bicyclic) bond motifs is 5. The van der Waals surface area contributed by atoms with Gasteiger partial charge in [-0.1, -0.05) is 0 Å². The summed E-state index contributed by atoms with van der Waals surface area (Å²) < 4.78 is 21.3. The number of hydrogen-bond acceptors (Lipinski definition) is 7. The number of carbonyl (C=O) groups excluding carboxylic acids is 1. The van der Waals surface area contributed by atoms with Gasteiger partial charge in [0.2, 0.25) is 0 Å². The molecule has 3 aliphatic rings. The topological polar surface area (TPSA) is 119 Å². The number of esters is 1. The smallest absolute Gasteiger partial charge is 0.340 e. The fraction of sp³-hybridized carbons (Fsp3) is 0.375. The van der Waals surface area contributed by atoms with E-state index in [4.69, 9.17) is 15.5 Å². The molecule has 4 heterocycles. The highest BCUT2D eigenvalue weighted by Gasteiger charge is 2.37. The maximum atomic E-state index is 14.8. The van der Waals surface area contributed by atoms with Crippen molar-refractivity contribution >= 4 is 16.9 Å². The third kappa shape index (κ3) is 2.76. The Morgan fingerprint density at radius 3 is 2.85 bits per heavy atom. The lowest BCUT2D eigenvalue weighted by atomic mass is 9.81. The number of ether oxygens (including phenoxy) is 1. The summed E-state index contributed by atoms with van der Waals surface area (Å²) >= 11 is 0. The zero-order chi connectivity index (χ0) is 23.2. The number of aliphatic hydroxyl groups is 1. The van der Waals surface area contributed by atoms with Gasteiger partial charge in [0.25, 0.3) is 5.56 Å². The van der Waals surface area contributed by atoms with Crippen LogP contribution >= 0.6 is 0 Å². The number of pyridine rings is 2. The predicted octanol–water partition coefficient (Wildman–Crippen LogP) is 1.84. The lowest BCUT2D eigenvalue weighted by Gasteiger charge is -2.31. The number of halogens is 1. The second-order valence-corrected chi connectivity index (χ2v) is 9.12. The van der Waals surface area contributed by atoms with E-state index in [1.165, 1.54) is 6.07 Å². The normalized spacial score (nSPS) is 21.4. The van der Waals surface area contributed by atoms with Crippen LogP contribution in [0.2, 0.25) is 0 Å². The number of aliphatic hydroxyl groups excluding tert-OH is 1. The molecule has 0 spiro atoms. The number of nitrogens with two attached hydrogens (primary N) is 1. The fourth-order valence-electron chi connectivity index (χ4n) is 5.59. The molecule has 3 aromatic rings. The van der Waals surface area contributed by atoms with Crippen molar-refractivity contribution in [2.24, 2.45) is 5.73 Å². The Bertz CT molecular complexity index is 1450. The summed E-state index contributed by atoms with van der Waals surface area (Å²) in [6.07, 6.45) is -0.332. The van der Waals surface area contributed by atoms with Gasteiger partial charge in [-0.15, -0.1) is 0 Å². The van der Waals surface area contributed by atoms with Crippen molar-refractivity contribution in [1.29, 1.82) is 0 Å². The van der Waals surface area contributed by atoms with Crippen molar-refractivity contribution < 1.29 is 19.0 Å². The van der Waals surface area contributed by atoms with Crippen LogP contribution in [-0.4, -0.2) is 26.8 Å². The first-order chi connectivity index (χ1) is 15.8. The summed E-state index contributed by atoms with van der Waals surface area (Å²) in [5.41, 5.74) is 11.3. The van der Waals surface area contributed by atoms with Crippen LogP contribution < -0.4 is 16.6 Å². The Hall–Kier alpha value is -3.14. The molecule has 0 radical (unpaired) electrons. The first-order valence-electron chi connectivity index (χ1n) is 11.0. The molecular weight excluding hydrogens is 427 g/mol. The van der Waals surface area contributed by atoms with Gasteiger partial charge in [-0.3, -0.25) is 10.1 Å². The van der Waals surface area contributed by atoms with E-state index in [0.29, 0.717) is 35.4 Å². The van der Waals surface area contributed by atoms with Crippen molar-refractivity contribution in [1.82, 2.24) is 14.9 Å². The molecule has 1 unspecified atom stereocenters. The van der Waals surface area contributed by atoms with Gasteiger partial charge in [0.1, 0.15) is 12.4 Å². The minimum Gasteiger partial charge on any atom is -0.458 e. The van der Waals surface area contributed by atoms with E-state index in [-0.39, 0.29) is 41.3 Å². The van der Waals surface area contributed by atoms with Gasteiger partial charge in [-0.05, 0) is 49.4 Å². The molecule has 0 amide bonds. The quantitative estimate of drug-likeness (QED) is 0.315. The molecule has 0 saturated carbocycles. The van der Waals surface area contributed by atoms with E-state index in [2.05, 4.69) is 5.32 Å². The Labute approximate surface area is 188 Å². The molecule has 8 nitrogen and oxygen atoms in total. The zero-order valence-corrected chi connectivity index (χ0v) is 18.2. The first-order valence-corrected chi connectivity index (χ1v) is 11.0. The number of nitrogens with zero attached hydrogens (tertiary/aromatic N) is 2. The van der Waals surface area contributed by atoms with E-state index in [9.17, 15) is 19.1 Å². The number of aromatic nitrogens is 2. The van der Waals surface area contributed by atoms with E-state index < -0.39 is 12.1 Å². The summed E-state index contributed by atoms with van der Waals surface area (Å²) in [6, 6.07) is 3.01. The molecular formula is C24H23FN4O4. The maximum Gasteiger partial charge on any atom is 0.340 e. The summed E-state index contributed by atoms with van der Waals surface area (Å²) in [5, 5.41) is 14.7. The zero-order valence-electron chi connectivity index (χ0n) is 18.2. The molecule has 4 N–H and O–H groups in total. The summed E-state index contributed by atoms with van der Waals surface area (Å²) in [4.78, 5) is 30.0. The van der Waals surface area contributed by atoms with Crippen LogP contribution in [0.5, 0.6) is 0 Å². The summed E-state index contributed by atoms with van der Waals surface area (Å²) in [5.74, 6) is -1.09. The summed E-state index contributed by atoms with van der Waals surface area (Å²) in [6.45, 7) is 3.78. The molecule has 6 rings (SSSR count). The molecule has 0 fully saturated rings. The molecule has 2 aromatic heterocycles. The lowest BCUT2D eigenvalue weighted by Crippen LogP contribution is -2.39. The molecule has 0 bridgehead atoms. The van der Waals surface area contributed by atoms with Crippen LogP contribution in [0.4, 0.5) is 4.39 Å². The van der Waals surface area contributed by atoms with E-state index in [1.54, 1.807) is 17.6 Å². The fourth-order valence-corrected chi connectivity index (χ4v) is 5.59. The van der Waals surface area contributed by atoms with Crippen LogP contribution in [0.3, 0.4) is 0 Å². The van der Waals surface area contributed by atoms with Crippen LogP contribution in [0.1, 0.15) is 58.9 Å². The molecule has 3 atom stereocenters. The van der Waals surface area contributed by atoms with Gasteiger partial charge in [-0.2, -0.15) is 0 Å². The van der Waals surface area contributed by atoms with Gasteiger partial charge >= 0.3 is 5.97 Å². The van der Waals surface area contributed by atoms with Crippen molar-refractivity contribution in [3.05, 3.63) is 61.7 Å². The van der Waals surface area contributed by atoms with E-state index in [1.807, 2.05) is 6.92 Å². The number of rotatable bonds is 2. The number of cyclic esters (lactones) is 1. The average Bonchev–Trinajstić information content (AvgIpc) is 3.14. The van der Waals surface area contributed by atoms with Crippen LogP contribution in [0.25, 0.3) is 22.3 Å². The minimum atomic E-state index is -1.52. The average molecular weight is 450 g/mol. The van der Waals surface area contributed by atoms with Crippen molar-refractivity contribution in [3.8, 4) is 11.4 Å². The Morgan fingerprint density at radius 2 is 2.09 bits per heavy atom. The predicted molar refractivity (Wildman–Crippen MR) is 118 cm³/mol. The van der Waals surface area contributed by atoms with Crippen LogP contribution in [0, 0.1) is 12.7 Å². The van der Waals surface area contributed by atoms with Gasteiger partial charge in [0.15, 0.2) is 6.10 Å². The third-order valence-corrected chi connectivity index (χ3v) is 7.11. The lowest BCUT2D eigenvalue weighted by molar-refractivity contribution is -0.157. The molecule has 9 heteroatoms. The largest absolute Gasteiger partial charge is 0.458 e. The number of benzene rings is 1. The number of nitrogens with one attached hydrogen (secondary N) is 1. The van der Waals surface area contributed by atoms with Crippen molar-refractivity contribution in [2.45, 2.75) is 58.2 Å². The van der Waals surface area contributed by atoms with Crippen LogP contribution in [0.15, 0.2) is 16.9 Å². The SMILES string of the molecule is Cc1c(F)cc2nc3c(c4c2c1CC[C@@H]4NC(C)N)Cn1c-3cc2c(c1=O)COC(=O)[C@H]2O. The second-order valence-electron chi connectivity index (χ2n) is 9.12. The second kappa shape index (κ2) is 6.93. The highest BCUT2D eigenvalue weighted by atomic mass is 19.1. The molecule has 2 aliphatic heterocycles. The van der Waals surface area contributed by atoms with Crippen molar-refractivity contribution in [2.75, 3.05) is 0 Å². The highest BCUT2D eigenvalue weighted by Crippen LogP contribution is 2.45. The highest BCUT2D eigenvalue weighted by molar-refractivity contribution is 5.93. The molecule has 33 heavy (non-hydrogen) atoms. The first kappa shape index (κ1) is 20.5. The standard InChI is InChI=1S/C24H23FN4O4/c1-9-11-3-4-16(27-10(2)26)20-13-7-29-18(21(13)28-17(19(11)20)6-15(9)25)5-12-14(23(29)31)8-33-24(32)22(12)30/h5-6,10,16,22,27,30H,3-4,7-8,26H2,1-2H3/t10?,16-,22-/m0/s1. The van der Waals surface area contributed by atoms with Gasteiger partial charge < -0.3 is 20.1 Å². The summed E-state index contributed by atoms with van der Waals surface area (Å²) in [7, 11) is 0. The van der Waals surface area contributed by atoms with Crippen LogP contribution in [-0.2, 0) is 29.1 Å². The van der Waals surface area contributed by atoms with E-state index in [0.717, 1.165) is 28.5 Å².